The van der Waals surface area contributed by atoms with Crippen LogP contribution in [-0.2, 0) is 6.42 Å². The highest BCUT2D eigenvalue weighted by Gasteiger charge is 2.11. The van der Waals surface area contributed by atoms with Gasteiger partial charge in [-0.2, -0.15) is 0 Å². The van der Waals surface area contributed by atoms with Crippen LogP contribution in [0.3, 0.4) is 0 Å². The summed E-state index contributed by atoms with van der Waals surface area (Å²) in [4.78, 5) is 0. The smallest absolute Gasteiger partial charge is 0.126 e. The lowest BCUT2D eigenvalue weighted by Gasteiger charge is -2.11. The third-order valence-electron chi connectivity index (χ3n) is 2.83. The molecule has 0 radical (unpaired) electrons. The highest BCUT2D eigenvalue weighted by Crippen LogP contribution is 2.27. The quantitative estimate of drug-likeness (QED) is 0.746. The molecule has 2 aromatic rings. The van der Waals surface area contributed by atoms with Gasteiger partial charge in [0.2, 0.25) is 0 Å². The summed E-state index contributed by atoms with van der Waals surface area (Å²) in [6.45, 7) is 0. The molecule has 2 aromatic carbocycles. The highest BCUT2D eigenvalue weighted by atomic mass is 35.5. The predicted octanol–water partition coefficient (Wildman–Crippen LogP) is 4.36. The summed E-state index contributed by atoms with van der Waals surface area (Å²) in [5.41, 5.74) is 1.59. The molecule has 0 N–H and O–H groups in total. The van der Waals surface area contributed by atoms with Crippen LogP contribution in [0.4, 0.5) is 4.39 Å². The molecule has 1 atom stereocenters. The number of alkyl halides is 1. The van der Waals surface area contributed by atoms with Gasteiger partial charge in [-0.05, 0) is 35.7 Å². The normalized spacial score (nSPS) is 12.2. The van der Waals surface area contributed by atoms with Gasteiger partial charge in [0, 0.05) is 0 Å². The van der Waals surface area contributed by atoms with Crippen molar-refractivity contribution < 1.29 is 9.13 Å². The van der Waals surface area contributed by atoms with Gasteiger partial charge in [0.15, 0.2) is 0 Å². The van der Waals surface area contributed by atoms with Crippen LogP contribution in [0.15, 0.2) is 48.5 Å². The minimum atomic E-state index is -0.243. The van der Waals surface area contributed by atoms with Crippen LogP contribution in [0.5, 0.6) is 5.75 Å². The molecule has 18 heavy (non-hydrogen) atoms. The molecule has 1 nitrogen and oxygen atoms in total. The maximum Gasteiger partial charge on any atom is 0.126 e. The maximum absolute atomic E-state index is 13.5. The summed E-state index contributed by atoms with van der Waals surface area (Å²) in [7, 11) is 1.62. The van der Waals surface area contributed by atoms with Crippen LogP contribution in [0.25, 0.3) is 0 Å². The first kappa shape index (κ1) is 12.9. The van der Waals surface area contributed by atoms with Crippen LogP contribution in [0, 0.1) is 5.82 Å². The van der Waals surface area contributed by atoms with E-state index in [2.05, 4.69) is 0 Å². The molecule has 0 saturated heterocycles. The molecule has 0 amide bonds. The van der Waals surface area contributed by atoms with Crippen LogP contribution >= 0.6 is 11.6 Å². The number of hydrogen-bond donors (Lipinski definition) is 0. The van der Waals surface area contributed by atoms with Gasteiger partial charge in [-0.15, -0.1) is 11.6 Å². The van der Waals surface area contributed by atoms with Crippen LogP contribution < -0.4 is 4.74 Å². The van der Waals surface area contributed by atoms with Crippen molar-refractivity contribution in [2.24, 2.45) is 0 Å². The Hall–Kier alpha value is -1.54. The summed E-state index contributed by atoms with van der Waals surface area (Å²) in [6, 6.07) is 14.2. The fourth-order valence-corrected chi connectivity index (χ4v) is 2.10. The molecule has 3 heteroatoms. The molecule has 94 valence electrons. The summed E-state index contributed by atoms with van der Waals surface area (Å²) < 4.78 is 18.6. The number of methoxy groups -OCH3 is 1. The van der Waals surface area contributed by atoms with E-state index < -0.39 is 0 Å². The monoisotopic (exact) mass is 264 g/mol. The first-order chi connectivity index (χ1) is 8.70. The van der Waals surface area contributed by atoms with E-state index in [0.29, 0.717) is 12.0 Å². The summed E-state index contributed by atoms with van der Waals surface area (Å²) in [6.07, 6.45) is 0.473. The molecule has 0 aromatic heterocycles. The molecule has 0 saturated carbocycles. The average Bonchev–Trinajstić information content (AvgIpc) is 2.41. The highest BCUT2D eigenvalue weighted by molar-refractivity contribution is 6.20. The van der Waals surface area contributed by atoms with Crippen molar-refractivity contribution in [3.8, 4) is 5.75 Å². The van der Waals surface area contributed by atoms with Gasteiger partial charge in [0.05, 0.1) is 12.5 Å². The van der Waals surface area contributed by atoms with Crippen molar-refractivity contribution in [3.63, 3.8) is 0 Å². The SMILES string of the molecule is COc1ccc(C(Cl)Cc2ccccc2F)cc1. The minimum absolute atomic E-state index is 0.211. The maximum atomic E-state index is 13.5. The fraction of sp³-hybridized carbons (Fsp3) is 0.200. The van der Waals surface area contributed by atoms with Crippen LogP contribution in [0.1, 0.15) is 16.5 Å². The fourth-order valence-electron chi connectivity index (χ4n) is 1.79. The van der Waals surface area contributed by atoms with Crippen molar-refractivity contribution in [2.75, 3.05) is 7.11 Å². The van der Waals surface area contributed by atoms with E-state index in [4.69, 9.17) is 16.3 Å². The second-order valence-corrected chi connectivity index (χ2v) is 4.56. The molecule has 0 fully saturated rings. The Morgan fingerprint density at radius 3 is 2.39 bits per heavy atom. The predicted molar refractivity (Wildman–Crippen MR) is 71.7 cm³/mol. The van der Waals surface area contributed by atoms with Gasteiger partial charge in [-0.3, -0.25) is 0 Å². The Labute approximate surface area is 111 Å². The number of benzene rings is 2. The zero-order valence-corrected chi connectivity index (χ0v) is 10.8. The number of rotatable bonds is 4. The topological polar surface area (TPSA) is 9.23 Å². The van der Waals surface area contributed by atoms with E-state index in [0.717, 1.165) is 11.3 Å². The van der Waals surface area contributed by atoms with Gasteiger partial charge in [-0.25, -0.2) is 4.39 Å². The first-order valence-electron chi connectivity index (χ1n) is 5.72. The van der Waals surface area contributed by atoms with Crippen molar-refractivity contribution in [1.82, 2.24) is 0 Å². The molecule has 0 aliphatic carbocycles. The Balaban J connectivity index is 2.11. The van der Waals surface area contributed by atoms with Crippen molar-refractivity contribution >= 4 is 11.6 Å². The largest absolute Gasteiger partial charge is 0.497 e. The molecule has 1 unspecified atom stereocenters. The second-order valence-electron chi connectivity index (χ2n) is 4.04. The van der Waals surface area contributed by atoms with Crippen LogP contribution in [0.2, 0.25) is 0 Å². The minimum Gasteiger partial charge on any atom is -0.497 e. The molecular formula is C15H14ClFO. The van der Waals surface area contributed by atoms with E-state index in [1.54, 1.807) is 19.2 Å². The summed E-state index contributed by atoms with van der Waals surface area (Å²) in [5.74, 6) is 0.574. The molecule has 2 rings (SSSR count). The van der Waals surface area contributed by atoms with E-state index in [-0.39, 0.29) is 11.2 Å². The Kier molecular flexibility index (Phi) is 4.21. The number of halogens is 2. The molecule has 0 bridgehead atoms. The summed E-state index contributed by atoms with van der Waals surface area (Å²) >= 11 is 6.30. The zero-order valence-electron chi connectivity index (χ0n) is 10.1. The number of ether oxygens (including phenoxy) is 1. The van der Waals surface area contributed by atoms with Crippen LogP contribution in [-0.4, -0.2) is 7.11 Å². The molecule has 0 spiro atoms. The summed E-state index contributed by atoms with van der Waals surface area (Å²) in [5, 5.41) is -0.243. The second kappa shape index (κ2) is 5.87. The number of hydrogen-bond acceptors (Lipinski definition) is 1. The van der Waals surface area contributed by atoms with Crippen molar-refractivity contribution in [2.45, 2.75) is 11.8 Å². The molecular weight excluding hydrogens is 251 g/mol. The molecule has 0 aliphatic heterocycles. The Morgan fingerprint density at radius 1 is 1.11 bits per heavy atom. The molecule has 0 aliphatic rings. The lowest BCUT2D eigenvalue weighted by molar-refractivity contribution is 0.414. The Morgan fingerprint density at radius 2 is 1.78 bits per heavy atom. The van der Waals surface area contributed by atoms with E-state index in [1.165, 1.54) is 6.07 Å². The average molecular weight is 265 g/mol. The van der Waals surface area contributed by atoms with Crippen molar-refractivity contribution in [3.05, 3.63) is 65.5 Å². The van der Waals surface area contributed by atoms with E-state index in [1.807, 2.05) is 30.3 Å². The standard InChI is InChI=1S/C15H14ClFO/c1-18-13-8-6-11(7-9-13)14(16)10-12-4-2-3-5-15(12)17/h2-9,14H,10H2,1H3. The third kappa shape index (κ3) is 3.02. The zero-order chi connectivity index (χ0) is 13.0. The van der Waals surface area contributed by atoms with Gasteiger partial charge in [0.25, 0.3) is 0 Å². The van der Waals surface area contributed by atoms with Gasteiger partial charge in [0.1, 0.15) is 11.6 Å². The first-order valence-corrected chi connectivity index (χ1v) is 6.16. The molecule has 0 heterocycles. The lowest BCUT2D eigenvalue weighted by Crippen LogP contribution is -1.98. The van der Waals surface area contributed by atoms with E-state index in [9.17, 15) is 4.39 Å². The Bertz CT molecular complexity index is 510. The van der Waals surface area contributed by atoms with E-state index >= 15 is 0 Å². The van der Waals surface area contributed by atoms with Crippen molar-refractivity contribution in [1.29, 1.82) is 0 Å². The van der Waals surface area contributed by atoms with Gasteiger partial charge >= 0.3 is 0 Å². The van der Waals surface area contributed by atoms with Gasteiger partial charge < -0.3 is 4.74 Å². The lowest BCUT2D eigenvalue weighted by atomic mass is 10.0. The third-order valence-corrected chi connectivity index (χ3v) is 3.24. The van der Waals surface area contributed by atoms with Gasteiger partial charge in [-0.1, -0.05) is 30.3 Å².